The second kappa shape index (κ2) is 7.80. The molecule has 0 atom stereocenters. The third-order valence-corrected chi connectivity index (χ3v) is 4.10. The molecule has 0 bridgehead atoms. The van der Waals surface area contributed by atoms with Crippen LogP contribution in [0, 0.1) is 29.1 Å². The van der Waals surface area contributed by atoms with E-state index in [2.05, 4.69) is 6.58 Å². The number of ether oxygens (including phenoxy) is 1. The lowest BCUT2D eigenvalue weighted by Crippen LogP contribution is -2.11. The summed E-state index contributed by atoms with van der Waals surface area (Å²) in [4.78, 5) is 12.2. The van der Waals surface area contributed by atoms with Gasteiger partial charge in [0.1, 0.15) is 0 Å². The van der Waals surface area contributed by atoms with Crippen LogP contribution in [-0.2, 0) is 6.42 Å². The van der Waals surface area contributed by atoms with Gasteiger partial charge in [-0.1, -0.05) is 12.1 Å². The van der Waals surface area contributed by atoms with Crippen molar-refractivity contribution in [3.63, 3.8) is 0 Å². The van der Waals surface area contributed by atoms with E-state index < -0.39 is 40.8 Å². The van der Waals surface area contributed by atoms with E-state index in [4.69, 9.17) is 4.74 Å². The fourth-order valence-electron chi connectivity index (χ4n) is 2.71. The molecule has 0 unspecified atom stereocenters. The van der Waals surface area contributed by atoms with Gasteiger partial charge in [-0.2, -0.15) is 0 Å². The average molecular weight is 392 g/mol. The van der Waals surface area contributed by atoms with E-state index in [-0.39, 0.29) is 16.3 Å². The molecule has 3 aromatic carbocycles. The minimum absolute atomic E-state index is 0.105. The van der Waals surface area contributed by atoms with Gasteiger partial charge in [-0.05, 0) is 54.1 Å². The van der Waals surface area contributed by atoms with Gasteiger partial charge in [-0.25, -0.2) is 26.7 Å². The largest absolute Gasteiger partial charge is 0.417 e. The number of halogens is 5. The maximum absolute atomic E-state index is 14.1. The fourth-order valence-corrected chi connectivity index (χ4v) is 2.71. The van der Waals surface area contributed by atoms with Crippen molar-refractivity contribution in [2.75, 3.05) is 0 Å². The molecule has 0 spiro atoms. The number of allylic oxidation sites excluding steroid dienone is 1. The Morgan fingerprint density at radius 3 is 2.25 bits per heavy atom. The number of fused-ring (bicyclic) bond motifs is 1. The first-order chi connectivity index (χ1) is 13.3. The molecule has 0 N–H and O–H groups in total. The number of hydrogen-bond acceptors (Lipinski definition) is 2. The highest BCUT2D eigenvalue weighted by molar-refractivity contribution is 5.96. The van der Waals surface area contributed by atoms with Crippen LogP contribution in [0.3, 0.4) is 0 Å². The molecular formula is C21H13F5O2. The van der Waals surface area contributed by atoms with Gasteiger partial charge in [-0.3, -0.25) is 0 Å². The van der Waals surface area contributed by atoms with Crippen molar-refractivity contribution in [2.24, 2.45) is 0 Å². The Bertz CT molecular complexity index is 1070. The van der Waals surface area contributed by atoms with E-state index in [1.807, 2.05) is 0 Å². The lowest BCUT2D eigenvalue weighted by atomic mass is 10.1. The molecule has 3 aromatic rings. The number of carbonyl (C=O) groups is 1. The number of aryl methyl sites for hydroxylation is 1. The summed E-state index contributed by atoms with van der Waals surface area (Å²) in [7, 11) is 0. The molecule has 0 amide bonds. The Labute approximate surface area is 156 Å². The normalized spacial score (nSPS) is 10.9. The second-order valence-electron chi connectivity index (χ2n) is 6.03. The summed E-state index contributed by atoms with van der Waals surface area (Å²) in [6, 6.07) is 5.97. The third-order valence-electron chi connectivity index (χ3n) is 4.10. The summed E-state index contributed by atoms with van der Waals surface area (Å²) < 4.78 is 73.4. The lowest BCUT2D eigenvalue weighted by molar-refractivity contribution is 0.0720. The molecule has 0 radical (unpaired) electrons. The minimum atomic E-state index is -1.64. The summed E-state index contributed by atoms with van der Waals surface area (Å²) >= 11 is 0. The standard InChI is InChI=1S/C21H13F5O2/c1-2-3-4-11-7-16(23)20(17(24)8-11)28-21(27)12-5-6-14-13(9-12)10-15(22)19(26)18(14)25/h2,5-10H,1,3-4H2. The Hall–Kier alpha value is -3.22. The van der Waals surface area contributed by atoms with E-state index in [9.17, 15) is 26.7 Å². The van der Waals surface area contributed by atoms with Crippen molar-refractivity contribution >= 4 is 16.7 Å². The van der Waals surface area contributed by atoms with Gasteiger partial charge in [0.15, 0.2) is 29.1 Å². The molecule has 0 heterocycles. The van der Waals surface area contributed by atoms with Crippen LogP contribution in [0.1, 0.15) is 22.3 Å². The highest BCUT2D eigenvalue weighted by Crippen LogP contribution is 2.27. The van der Waals surface area contributed by atoms with Crippen LogP contribution < -0.4 is 4.74 Å². The molecule has 28 heavy (non-hydrogen) atoms. The molecule has 0 saturated heterocycles. The quantitative estimate of drug-likeness (QED) is 0.178. The molecule has 144 valence electrons. The summed E-state index contributed by atoms with van der Waals surface area (Å²) in [5, 5.41) is -0.356. The molecule has 0 aliphatic rings. The lowest BCUT2D eigenvalue weighted by Gasteiger charge is -2.10. The summed E-state index contributed by atoms with van der Waals surface area (Å²) in [6.07, 6.45) is 2.48. The van der Waals surface area contributed by atoms with E-state index in [1.54, 1.807) is 6.08 Å². The monoisotopic (exact) mass is 392 g/mol. The molecule has 0 aliphatic carbocycles. The van der Waals surface area contributed by atoms with Crippen LogP contribution in [0.5, 0.6) is 5.75 Å². The minimum Gasteiger partial charge on any atom is -0.417 e. The van der Waals surface area contributed by atoms with Gasteiger partial charge in [0.05, 0.1) is 5.56 Å². The van der Waals surface area contributed by atoms with Gasteiger partial charge in [0.25, 0.3) is 0 Å². The summed E-state index contributed by atoms with van der Waals surface area (Å²) in [5.74, 6) is -8.61. The van der Waals surface area contributed by atoms with Crippen molar-refractivity contribution in [3.05, 3.63) is 89.3 Å². The smallest absolute Gasteiger partial charge is 0.343 e. The topological polar surface area (TPSA) is 26.3 Å². The highest BCUT2D eigenvalue weighted by Gasteiger charge is 2.19. The number of rotatable bonds is 5. The fraction of sp³-hybridized carbons (Fsp3) is 0.0952. The first kappa shape index (κ1) is 19.5. The first-order valence-corrected chi connectivity index (χ1v) is 8.20. The Balaban J connectivity index is 1.91. The molecule has 7 heteroatoms. The Morgan fingerprint density at radius 2 is 1.61 bits per heavy atom. The number of benzene rings is 3. The second-order valence-corrected chi connectivity index (χ2v) is 6.03. The predicted octanol–water partition coefficient (Wildman–Crippen LogP) is 5.87. The summed E-state index contributed by atoms with van der Waals surface area (Å²) in [6.45, 7) is 3.52. The van der Waals surface area contributed by atoms with E-state index in [0.717, 1.165) is 30.3 Å². The number of carbonyl (C=O) groups excluding carboxylic acids is 1. The van der Waals surface area contributed by atoms with E-state index >= 15 is 0 Å². The highest BCUT2D eigenvalue weighted by atomic mass is 19.2. The van der Waals surface area contributed by atoms with Crippen LogP contribution in [0.2, 0.25) is 0 Å². The molecule has 0 fully saturated rings. The molecule has 3 rings (SSSR count). The molecular weight excluding hydrogens is 379 g/mol. The maximum Gasteiger partial charge on any atom is 0.343 e. The van der Waals surface area contributed by atoms with E-state index in [1.165, 1.54) is 0 Å². The predicted molar refractivity (Wildman–Crippen MR) is 93.7 cm³/mol. The van der Waals surface area contributed by atoms with Gasteiger partial charge in [0, 0.05) is 5.39 Å². The van der Waals surface area contributed by atoms with Crippen molar-refractivity contribution in [2.45, 2.75) is 12.8 Å². The van der Waals surface area contributed by atoms with Crippen molar-refractivity contribution in [1.82, 2.24) is 0 Å². The first-order valence-electron chi connectivity index (χ1n) is 8.20. The zero-order chi connectivity index (χ0) is 20.4. The van der Waals surface area contributed by atoms with Crippen molar-refractivity contribution < 1.29 is 31.5 Å². The molecule has 0 aliphatic heterocycles. The van der Waals surface area contributed by atoms with E-state index in [0.29, 0.717) is 24.5 Å². The SMILES string of the molecule is C=CCCc1cc(F)c(OC(=O)c2ccc3c(F)c(F)c(F)cc3c2)c(F)c1. The summed E-state index contributed by atoms with van der Waals surface area (Å²) in [5.41, 5.74) is 0.154. The van der Waals surface area contributed by atoms with Crippen molar-refractivity contribution in [1.29, 1.82) is 0 Å². The maximum atomic E-state index is 14.1. The van der Waals surface area contributed by atoms with Crippen LogP contribution in [0.4, 0.5) is 22.0 Å². The van der Waals surface area contributed by atoms with Crippen LogP contribution in [-0.4, -0.2) is 5.97 Å². The third kappa shape index (κ3) is 3.74. The zero-order valence-corrected chi connectivity index (χ0v) is 14.4. The van der Waals surface area contributed by atoms with Gasteiger partial charge >= 0.3 is 5.97 Å². The van der Waals surface area contributed by atoms with Crippen molar-refractivity contribution in [3.8, 4) is 5.75 Å². The van der Waals surface area contributed by atoms with Crippen LogP contribution >= 0.6 is 0 Å². The molecule has 0 saturated carbocycles. The van der Waals surface area contributed by atoms with Gasteiger partial charge in [0.2, 0.25) is 5.75 Å². The number of hydrogen-bond donors (Lipinski definition) is 0. The number of esters is 1. The van der Waals surface area contributed by atoms with Gasteiger partial charge in [-0.15, -0.1) is 6.58 Å². The zero-order valence-electron chi connectivity index (χ0n) is 14.4. The molecule has 2 nitrogen and oxygen atoms in total. The molecule has 0 aromatic heterocycles. The average Bonchev–Trinajstić information content (AvgIpc) is 2.66. The van der Waals surface area contributed by atoms with Gasteiger partial charge < -0.3 is 4.74 Å². The Kier molecular flexibility index (Phi) is 5.44. The van der Waals surface area contributed by atoms with Crippen LogP contribution in [0.25, 0.3) is 10.8 Å². The Morgan fingerprint density at radius 1 is 0.929 bits per heavy atom. The van der Waals surface area contributed by atoms with Crippen LogP contribution in [0.15, 0.2) is 49.1 Å².